The fourth-order valence-corrected chi connectivity index (χ4v) is 0.644. The van der Waals surface area contributed by atoms with Crippen LogP contribution in [0.1, 0.15) is 40.5 Å². The summed E-state index contributed by atoms with van der Waals surface area (Å²) in [7, 11) is 0. The standard InChI is InChI=1S/C8H20N2.5CN.Fe/c1-7(2,9)5-6-8(3,4)10;5*1-2;/h5-6,9-10H2,1-4H3;;;;;;/q;5*-1;+5. The van der Waals surface area contributed by atoms with Gasteiger partial charge in [-0.15, -0.1) is 0 Å². The number of hydrogen-bond acceptors (Lipinski definition) is 7. The molecule has 8 heteroatoms. The Kier molecular flexibility index (Phi) is 73.5. The second-order valence-corrected chi connectivity index (χ2v) is 4.48. The van der Waals surface area contributed by atoms with Crippen molar-refractivity contribution < 1.29 is 17.1 Å². The van der Waals surface area contributed by atoms with Crippen molar-refractivity contribution in [1.29, 1.82) is 26.3 Å². The van der Waals surface area contributed by atoms with Crippen LogP contribution < -0.4 is 11.5 Å². The van der Waals surface area contributed by atoms with Gasteiger partial charge in [0, 0.05) is 11.1 Å². The van der Waals surface area contributed by atoms with Gasteiger partial charge in [0.25, 0.3) is 0 Å². The van der Waals surface area contributed by atoms with Crippen LogP contribution >= 0.6 is 0 Å². The monoisotopic (exact) mass is 330 g/mol. The molecule has 7 nitrogen and oxygen atoms in total. The fraction of sp³-hybridized carbons (Fsp3) is 0.615. The molecule has 0 aliphatic carbocycles. The van der Waals surface area contributed by atoms with Crippen LogP contribution in [0.5, 0.6) is 0 Å². The van der Waals surface area contributed by atoms with Crippen LogP contribution in [0.15, 0.2) is 0 Å². The SMILES string of the molecule is CC(C)(N)CCC(C)(C)N.[C-]#N.[C-]#N.[C-]#N.[C-]#N.[C-]#N.[Fe+5]. The van der Waals surface area contributed by atoms with E-state index in [4.69, 9.17) is 70.6 Å². The normalized spacial score (nSPS) is 7.05. The molecule has 1 radical (unpaired) electrons. The molecular formula is C13H20FeN7. The van der Waals surface area contributed by atoms with Gasteiger partial charge in [-0.1, -0.05) is 0 Å². The molecule has 4 N–H and O–H groups in total. The summed E-state index contributed by atoms with van der Waals surface area (Å²) < 4.78 is 0. The Morgan fingerprint density at radius 3 is 0.714 bits per heavy atom. The second kappa shape index (κ2) is 36.1. The van der Waals surface area contributed by atoms with Gasteiger partial charge in [-0.25, -0.2) is 0 Å². The molecule has 0 aromatic rings. The molecule has 0 rings (SSSR count). The average molecular weight is 330 g/mol. The van der Waals surface area contributed by atoms with Gasteiger partial charge in [0.2, 0.25) is 0 Å². The van der Waals surface area contributed by atoms with Crippen LogP contribution in [-0.2, 0) is 17.1 Å². The first-order valence-corrected chi connectivity index (χ1v) is 4.90. The molecule has 115 valence electrons. The van der Waals surface area contributed by atoms with E-state index < -0.39 is 0 Å². The number of rotatable bonds is 3. The molecule has 0 aliphatic heterocycles. The summed E-state index contributed by atoms with van der Waals surface area (Å²) in [5, 5.41) is 31.2. The van der Waals surface area contributed by atoms with Crippen molar-refractivity contribution in [3.05, 3.63) is 32.9 Å². The summed E-state index contributed by atoms with van der Waals surface area (Å²) in [6, 6.07) is 0. The first-order valence-electron chi connectivity index (χ1n) is 4.90. The minimum atomic E-state index is -0.0728. The molecule has 0 amide bonds. The second-order valence-electron chi connectivity index (χ2n) is 4.48. The Bertz CT molecular complexity index is 215. The molecule has 0 heterocycles. The third kappa shape index (κ3) is 189. The predicted molar refractivity (Wildman–Crippen MR) is 70.6 cm³/mol. The topological polar surface area (TPSA) is 171 Å². The molecule has 0 fully saturated rings. The summed E-state index contributed by atoms with van der Waals surface area (Å²) in [6.07, 6.45) is 1.97. The summed E-state index contributed by atoms with van der Waals surface area (Å²) in [4.78, 5) is 0. The van der Waals surface area contributed by atoms with Crippen molar-refractivity contribution in [3.8, 4) is 0 Å². The van der Waals surface area contributed by atoms with Gasteiger partial charge in [-0.2, -0.15) is 0 Å². The van der Waals surface area contributed by atoms with Gasteiger partial charge in [0.1, 0.15) is 0 Å². The van der Waals surface area contributed by atoms with Gasteiger partial charge in [0.15, 0.2) is 0 Å². The maximum atomic E-state index is 6.25. The van der Waals surface area contributed by atoms with Crippen molar-refractivity contribution in [1.82, 2.24) is 0 Å². The summed E-state index contributed by atoms with van der Waals surface area (Å²) in [6.45, 7) is 31.9. The molecular weight excluding hydrogens is 310 g/mol. The van der Waals surface area contributed by atoms with Crippen molar-refractivity contribution in [2.45, 2.75) is 51.6 Å². The van der Waals surface area contributed by atoms with Gasteiger partial charge in [-0.05, 0) is 40.5 Å². The maximum absolute atomic E-state index is 6.25. The molecule has 0 saturated carbocycles. The van der Waals surface area contributed by atoms with Crippen LogP contribution in [-0.4, -0.2) is 11.1 Å². The summed E-state index contributed by atoms with van der Waals surface area (Å²) >= 11 is 0. The van der Waals surface area contributed by atoms with E-state index in [1.807, 2.05) is 27.7 Å². The molecule has 0 aromatic heterocycles. The third-order valence-corrected chi connectivity index (χ3v) is 1.41. The van der Waals surface area contributed by atoms with E-state index in [0.717, 1.165) is 12.8 Å². The Hall–Kier alpha value is -2.11. The number of nitrogens with two attached hydrogens (primary N) is 2. The first-order chi connectivity index (χ1) is 9.21. The molecule has 0 unspecified atom stereocenters. The van der Waals surface area contributed by atoms with Crippen molar-refractivity contribution >= 4 is 0 Å². The smallest absolute Gasteiger partial charge is 0.512 e. The van der Waals surface area contributed by atoms with E-state index in [-0.39, 0.29) is 28.1 Å². The van der Waals surface area contributed by atoms with Gasteiger partial charge < -0.3 is 70.6 Å². The zero-order valence-corrected chi connectivity index (χ0v) is 13.8. The molecule has 0 aromatic carbocycles. The van der Waals surface area contributed by atoms with Crippen molar-refractivity contribution in [3.63, 3.8) is 0 Å². The molecule has 0 bridgehead atoms. The molecule has 0 spiro atoms. The maximum Gasteiger partial charge on any atom is 5.00 e. The quantitative estimate of drug-likeness (QED) is 0.585. The summed E-state index contributed by atoms with van der Waals surface area (Å²) in [5.74, 6) is 0. The van der Waals surface area contributed by atoms with E-state index in [9.17, 15) is 0 Å². The van der Waals surface area contributed by atoms with Crippen LogP contribution in [0, 0.1) is 59.2 Å². The number of hydrogen-bond donors (Lipinski definition) is 2. The minimum Gasteiger partial charge on any atom is -0.512 e. The van der Waals surface area contributed by atoms with Gasteiger partial charge >= 0.3 is 17.1 Å². The Morgan fingerprint density at radius 1 is 0.571 bits per heavy atom. The van der Waals surface area contributed by atoms with Crippen LogP contribution in [0.25, 0.3) is 0 Å². The minimum absolute atomic E-state index is 0. The van der Waals surface area contributed by atoms with Crippen molar-refractivity contribution in [2.75, 3.05) is 0 Å². The average Bonchev–Trinajstić information content (AvgIpc) is 2.46. The van der Waals surface area contributed by atoms with Crippen LogP contribution in [0.4, 0.5) is 0 Å². The van der Waals surface area contributed by atoms with E-state index in [2.05, 4.69) is 0 Å². The Balaban J connectivity index is -0.0000000303. The Morgan fingerprint density at radius 2 is 0.667 bits per heavy atom. The predicted octanol–water partition coefficient (Wildman–Crippen LogP) is 1.72. The van der Waals surface area contributed by atoms with Gasteiger partial charge in [-0.3, -0.25) is 0 Å². The zero-order valence-electron chi connectivity index (χ0n) is 12.7. The number of nitrogens with zero attached hydrogens (tertiary/aromatic N) is 5. The van der Waals surface area contributed by atoms with Crippen LogP contribution in [0.2, 0.25) is 0 Å². The van der Waals surface area contributed by atoms with Gasteiger partial charge in [0.05, 0.1) is 0 Å². The van der Waals surface area contributed by atoms with E-state index >= 15 is 0 Å². The molecule has 0 aliphatic rings. The molecule has 0 atom stereocenters. The van der Waals surface area contributed by atoms with E-state index in [1.54, 1.807) is 0 Å². The summed E-state index contributed by atoms with van der Waals surface area (Å²) in [5.41, 5.74) is 11.4. The fourth-order valence-electron chi connectivity index (χ4n) is 0.644. The third-order valence-electron chi connectivity index (χ3n) is 1.41. The first kappa shape index (κ1) is 42.8. The van der Waals surface area contributed by atoms with Crippen LogP contribution in [0.3, 0.4) is 0 Å². The van der Waals surface area contributed by atoms with Crippen molar-refractivity contribution in [2.24, 2.45) is 11.5 Å². The van der Waals surface area contributed by atoms with E-state index in [0.29, 0.717) is 0 Å². The Labute approximate surface area is 139 Å². The largest absolute Gasteiger partial charge is 5.00 e. The molecule has 0 saturated heterocycles. The molecule has 21 heavy (non-hydrogen) atoms. The van der Waals surface area contributed by atoms with E-state index in [1.165, 1.54) is 0 Å². The zero-order chi connectivity index (χ0) is 18.4.